The zero-order valence-electron chi connectivity index (χ0n) is 14.0. The molecule has 0 bridgehead atoms. The lowest BCUT2D eigenvalue weighted by Crippen LogP contribution is -2.38. The van der Waals surface area contributed by atoms with Gasteiger partial charge in [-0.05, 0) is 37.3 Å². The Morgan fingerprint density at radius 3 is 2.48 bits per heavy atom. The minimum atomic E-state index is -0.407. The van der Waals surface area contributed by atoms with Crippen LogP contribution in [0, 0.1) is 5.92 Å². The minimum Gasteiger partial charge on any atom is -0.463 e. The van der Waals surface area contributed by atoms with Crippen molar-refractivity contribution in [1.82, 2.24) is 4.90 Å². The van der Waals surface area contributed by atoms with Crippen molar-refractivity contribution in [3.8, 4) is 0 Å². The summed E-state index contributed by atoms with van der Waals surface area (Å²) in [5, 5.41) is 0. The summed E-state index contributed by atoms with van der Waals surface area (Å²) >= 11 is 0. The van der Waals surface area contributed by atoms with Crippen LogP contribution < -0.4 is 0 Å². The Bertz CT molecular complexity index is 557. The van der Waals surface area contributed by atoms with Crippen LogP contribution in [0.15, 0.2) is 35.9 Å². The number of ether oxygens (including phenoxy) is 1. The molecule has 23 heavy (non-hydrogen) atoms. The van der Waals surface area contributed by atoms with E-state index in [0.29, 0.717) is 18.1 Å². The van der Waals surface area contributed by atoms with E-state index in [1.807, 2.05) is 35.2 Å². The molecule has 1 aliphatic rings. The predicted molar refractivity (Wildman–Crippen MR) is 90.6 cm³/mol. The first-order chi connectivity index (χ1) is 11.1. The van der Waals surface area contributed by atoms with Gasteiger partial charge in [0.2, 0.25) is 5.91 Å². The molecule has 1 fully saturated rings. The van der Waals surface area contributed by atoms with Gasteiger partial charge >= 0.3 is 5.97 Å². The first kappa shape index (κ1) is 17.3. The fraction of sp³-hybridized carbons (Fsp3) is 0.474. The van der Waals surface area contributed by atoms with E-state index in [9.17, 15) is 9.59 Å². The van der Waals surface area contributed by atoms with Crippen molar-refractivity contribution in [2.24, 2.45) is 5.92 Å². The van der Waals surface area contributed by atoms with Gasteiger partial charge < -0.3 is 9.64 Å². The molecule has 1 aliphatic heterocycles. The van der Waals surface area contributed by atoms with Gasteiger partial charge in [-0.25, -0.2) is 4.79 Å². The van der Waals surface area contributed by atoms with Crippen molar-refractivity contribution < 1.29 is 14.3 Å². The van der Waals surface area contributed by atoms with Crippen molar-refractivity contribution in [3.63, 3.8) is 0 Å². The van der Waals surface area contributed by atoms with Gasteiger partial charge in [0.25, 0.3) is 0 Å². The maximum Gasteiger partial charge on any atom is 0.334 e. The molecule has 124 valence electrons. The number of nitrogens with zero attached hydrogens (tertiary/aromatic N) is 1. The lowest BCUT2D eigenvalue weighted by molar-refractivity contribution is -0.140. The summed E-state index contributed by atoms with van der Waals surface area (Å²) in [6.07, 6.45) is 3.91. The molecule has 0 spiro atoms. The molecular formula is C19H25NO3. The fourth-order valence-electron chi connectivity index (χ4n) is 2.69. The zero-order chi connectivity index (χ0) is 16.7. The van der Waals surface area contributed by atoms with Crippen LogP contribution in [0.1, 0.15) is 38.7 Å². The molecule has 0 saturated carbocycles. The van der Waals surface area contributed by atoms with Crippen molar-refractivity contribution in [3.05, 3.63) is 41.5 Å². The molecule has 0 aliphatic carbocycles. The number of carbonyl (C=O) groups is 2. The van der Waals surface area contributed by atoms with Crippen LogP contribution in [0.3, 0.4) is 0 Å². The van der Waals surface area contributed by atoms with Gasteiger partial charge in [0.15, 0.2) is 0 Å². The predicted octanol–water partition coefficient (Wildman–Crippen LogP) is 3.28. The number of amides is 1. The average molecular weight is 315 g/mol. The third-order valence-electron chi connectivity index (χ3n) is 4.16. The molecule has 1 saturated heterocycles. The maximum absolute atomic E-state index is 12.5. The second kappa shape index (κ2) is 8.51. The Morgan fingerprint density at radius 1 is 1.22 bits per heavy atom. The highest BCUT2D eigenvalue weighted by Gasteiger charge is 2.23. The van der Waals surface area contributed by atoms with E-state index >= 15 is 0 Å². The van der Waals surface area contributed by atoms with Gasteiger partial charge in [-0.15, -0.1) is 0 Å². The lowest BCUT2D eigenvalue weighted by atomic mass is 9.98. The highest BCUT2D eigenvalue weighted by Crippen LogP contribution is 2.19. The molecule has 4 heteroatoms. The number of hydrogen-bond donors (Lipinski definition) is 0. The summed E-state index contributed by atoms with van der Waals surface area (Å²) in [6, 6.07) is 9.55. The van der Waals surface area contributed by atoms with Crippen molar-refractivity contribution in [2.75, 3.05) is 19.7 Å². The first-order valence-electron chi connectivity index (χ1n) is 8.30. The SMILES string of the molecule is CCOC(=O)/C(=C/c1ccccc1)CC(=O)N1CCC(C)CC1. The number of hydrogen-bond acceptors (Lipinski definition) is 3. The minimum absolute atomic E-state index is 0.00661. The highest BCUT2D eigenvalue weighted by atomic mass is 16.5. The third-order valence-corrected chi connectivity index (χ3v) is 4.16. The molecule has 1 aromatic carbocycles. The number of rotatable bonds is 5. The molecule has 0 unspecified atom stereocenters. The fourth-order valence-corrected chi connectivity index (χ4v) is 2.69. The Morgan fingerprint density at radius 2 is 1.87 bits per heavy atom. The van der Waals surface area contributed by atoms with Crippen LogP contribution in [0.2, 0.25) is 0 Å². The van der Waals surface area contributed by atoms with E-state index in [4.69, 9.17) is 4.74 Å². The van der Waals surface area contributed by atoms with E-state index < -0.39 is 5.97 Å². The molecule has 1 heterocycles. The van der Waals surface area contributed by atoms with Gasteiger partial charge in [-0.3, -0.25) is 4.79 Å². The molecule has 2 rings (SSSR count). The highest BCUT2D eigenvalue weighted by molar-refractivity contribution is 5.99. The van der Waals surface area contributed by atoms with E-state index in [1.54, 1.807) is 13.0 Å². The number of benzene rings is 1. The number of likely N-dealkylation sites (tertiary alicyclic amines) is 1. The number of carbonyl (C=O) groups excluding carboxylic acids is 2. The Hall–Kier alpha value is -2.10. The summed E-state index contributed by atoms with van der Waals surface area (Å²) < 4.78 is 5.10. The number of esters is 1. The summed E-state index contributed by atoms with van der Waals surface area (Å²) in [7, 11) is 0. The maximum atomic E-state index is 12.5. The first-order valence-corrected chi connectivity index (χ1v) is 8.30. The van der Waals surface area contributed by atoms with E-state index in [0.717, 1.165) is 31.5 Å². The van der Waals surface area contributed by atoms with Crippen LogP contribution in [0.25, 0.3) is 6.08 Å². The lowest BCUT2D eigenvalue weighted by Gasteiger charge is -2.30. The number of piperidine rings is 1. The van der Waals surface area contributed by atoms with E-state index in [2.05, 4.69) is 6.92 Å². The molecule has 0 radical (unpaired) electrons. The molecule has 0 atom stereocenters. The van der Waals surface area contributed by atoms with Crippen molar-refractivity contribution >= 4 is 18.0 Å². The largest absolute Gasteiger partial charge is 0.463 e. The molecular weight excluding hydrogens is 290 g/mol. The van der Waals surface area contributed by atoms with Gasteiger partial charge in [0, 0.05) is 18.7 Å². The van der Waals surface area contributed by atoms with Crippen LogP contribution in [0.5, 0.6) is 0 Å². The van der Waals surface area contributed by atoms with Gasteiger partial charge in [0.1, 0.15) is 0 Å². The van der Waals surface area contributed by atoms with Gasteiger partial charge in [0.05, 0.1) is 13.0 Å². The molecule has 1 aromatic rings. The van der Waals surface area contributed by atoms with Crippen LogP contribution >= 0.6 is 0 Å². The topological polar surface area (TPSA) is 46.6 Å². The molecule has 4 nitrogen and oxygen atoms in total. The standard InChI is InChI=1S/C19H25NO3/c1-3-23-19(22)17(13-16-7-5-4-6-8-16)14-18(21)20-11-9-15(2)10-12-20/h4-8,13,15H,3,9-12,14H2,1-2H3/b17-13+. The van der Waals surface area contributed by atoms with Crippen LogP contribution in [-0.4, -0.2) is 36.5 Å². The molecule has 1 amide bonds. The molecule has 0 aromatic heterocycles. The Kier molecular flexibility index (Phi) is 6.39. The summed E-state index contributed by atoms with van der Waals surface area (Å²) in [5.74, 6) is 0.269. The van der Waals surface area contributed by atoms with Crippen LogP contribution in [-0.2, 0) is 14.3 Å². The van der Waals surface area contributed by atoms with Gasteiger partial charge in [-0.2, -0.15) is 0 Å². The zero-order valence-corrected chi connectivity index (χ0v) is 14.0. The average Bonchev–Trinajstić information content (AvgIpc) is 2.56. The van der Waals surface area contributed by atoms with Crippen LogP contribution in [0.4, 0.5) is 0 Å². The molecule has 0 N–H and O–H groups in total. The smallest absolute Gasteiger partial charge is 0.334 e. The normalized spacial score (nSPS) is 16.3. The van der Waals surface area contributed by atoms with Gasteiger partial charge in [-0.1, -0.05) is 37.3 Å². The summed E-state index contributed by atoms with van der Waals surface area (Å²) in [5.41, 5.74) is 1.32. The quantitative estimate of drug-likeness (QED) is 0.619. The Balaban J connectivity index is 2.10. The summed E-state index contributed by atoms with van der Waals surface area (Å²) in [6.45, 7) is 5.84. The van der Waals surface area contributed by atoms with E-state index in [1.165, 1.54) is 0 Å². The summed E-state index contributed by atoms with van der Waals surface area (Å²) in [4.78, 5) is 26.5. The second-order valence-electron chi connectivity index (χ2n) is 6.04. The third kappa shape index (κ3) is 5.23. The van der Waals surface area contributed by atoms with Crippen molar-refractivity contribution in [1.29, 1.82) is 0 Å². The monoisotopic (exact) mass is 315 g/mol. The van der Waals surface area contributed by atoms with Crippen molar-refractivity contribution in [2.45, 2.75) is 33.1 Å². The van der Waals surface area contributed by atoms with E-state index in [-0.39, 0.29) is 12.3 Å². The second-order valence-corrected chi connectivity index (χ2v) is 6.04. The Labute approximate surface area is 138 Å².